The first kappa shape index (κ1) is 14.7. The van der Waals surface area contributed by atoms with Crippen molar-refractivity contribution in [3.05, 3.63) is 0 Å². The van der Waals surface area contributed by atoms with Gasteiger partial charge in [-0.1, -0.05) is 0 Å². The number of nitrogens with one attached hydrogen (secondary N) is 1. The van der Waals surface area contributed by atoms with Gasteiger partial charge in [-0.3, -0.25) is 0 Å². The number of hydrogen-bond acceptors (Lipinski definition) is 4. The SMILES string of the molecule is CN(CCOCCO)C(=O)NC1(C(=O)O)CCC1. The van der Waals surface area contributed by atoms with Gasteiger partial charge >= 0.3 is 12.0 Å². The molecule has 0 heterocycles. The quantitative estimate of drug-likeness (QED) is 0.543. The van der Waals surface area contributed by atoms with Gasteiger partial charge < -0.3 is 25.2 Å². The summed E-state index contributed by atoms with van der Waals surface area (Å²) < 4.78 is 5.03. The summed E-state index contributed by atoms with van der Waals surface area (Å²) in [4.78, 5) is 24.2. The molecule has 0 aromatic carbocycles. The number of urea groups is 1. The zero-order valence-electron chi connectivity index (χ0n) is 10.5. The third-order valence-corrected chi connectivity index (χ3v) is 3.12. The van der Waals surface area contributed by atoms with Crippen molar-refractivity contribution in [3.63, 3.8) is 0 Å². The van der Waals surface area contributed by atoms with Crippen LogP contribution in [0, 0.1) is 0 Å². The zero-order valence-corrected chi connectivity index (χ0v) is 10.5. The van der Waals surface area contributed by atoms with E-state index >= 15 is 0 Å². The summed E-state index contributed by atoms with van der Waals surface area (Å²) in [6, 6.07) is -0.412. The molecule has 0 aromatic rings. The van der Waals surface area contributed by atoms with Crippen LogP contribution >= 0.6 is 0 Å². The van der Waals surface area contributed by atoms with Gasteiger partial charge in [0.2, 0.25) is 0 Å². The van der Waals surface area contributed by atoms with E-state index in [-0.39, 0.29) is 13.2 Å². The molecular formula is C11H20N2O5. The number of ether oxygens (including phenoxy) is 1. The van der Waals surface area contributed by atoms with Gasteiger partial charge in [0, 0.05) is 13.6 Å². The minimum absolute atomic E-state index is 0.0575. The van der Waals surface area contributed by atoms with Gasteiger partial charge in [-0.05, 0) is 19.3 Å². The lowest BCUT2D eigenvalue weighted by Gasteiger charge is -2.39. The predicted octanol–water partition coefficient (Wildman–Crippen LogP) is -0.356. The second kappa shape index (κ2) is 6.55. The summed E-state index contributed by atoms with van der Waals surface area (Å²) in [5, 5.41) is 20.1. The predicted molar refractivity (Wildman–Crippen MR) is 63.3 cm³/mol. The van der Waals surface area contributed by atoms with Crippen LogP contribution in [-0.2, 0) is 9.53 Å². The van der Waals surface area contributed by atoms with Crippen LogP contribution in [0.5, 0.6) is 0 Å². The molecular weight excluding hydrogens is 240 g/mol. The van der Waals surface area contributed by atoms with E-state index < -0.39 is 17.5 Å². The molecule has 1 aliphatic rings. The van der Waals surface area contributed by atoms with Crippen molar-refractivity contribution in [1.82, 2.24) is 10.2 Å². The number of nitrogens with zero attached hydrogens (tertiary/aromatic N) is 1. The highest BCUT2D eigenvalue weighted by Gasteiger charge is 2.46. The largest absolute Gasteiger partial charge is 0.480 e. The molecule has 3 N–H and O–H groups in total. The summed E-state index contributed by atoms with van der Waals surface area (Å²) in [5.74, 6) is -0.980. The molecule has 0 bridgehead atoms. The van der Waals surface area contributed by atoms with E-state index in [1.807, 2.05) is 0 Å². The molecule has 0 radical (unpaired) electrons. The van der Waals surface area contributed by atoms with E-state index in [1.54, 1.807) is 7.05 Å². The number of carbonyl (C=O) groups excluding carboxylic acids is 1. The molecule has 2 amide bonds. The van der Waals surface area contributed by atoms with Gasteiger partial charge in [-0.25, -0.2) is 9.59 Å². The molecule has 1 saturated carbocycles. The number of hydrogen-bond donors (Lipinski definition) is 3. The van der Waals surface area contributed by atoms with Crippen LogP contribution in [0.3, 0.4) is 0 Å². The van der Waals surface area contributed by atoms with Crippen LogP contribution in [0.2, 0.25) is 0 Å². The number of rotatable bonds is 7. The molecule has 7 nitrogen and oxygen atoms in total. The maximum atomic E-state index is 11.8. The Morgan fingerprint density at radius 2 is 2.06 bits per heavy atom. The lowest BCUT2D eigenvalue weighted by molar-refractivity contribution is -0.148. The fraction of sp³-hybridized carbons (Fsp3) is 0.818. The van der Waals surface area contributed by atoms with Gasteiger partial charge in [-0.2, -0.15) is 0 Å². The second-order valence-electron chi connectivity index (χ2n) is 4.43. The third-order valence-electron chi connectivity index (χ3n) is 3.12. The fourth-order valence-electron chi connectivity index (χ4n) is 1.69. The number of aliphatic carboxylic acids is 1. The number of aliphatic hydroxyl groups is 1. The molecule has 1 aliphatic carbocycles. The average molecular weight is 260 g/mol. The van der Waals surface area contributed by atoms with E-state index in [9.17, 15) is 9.59 Å². The summed E-state index contributed by atoms with van der Waals surface area (Å²) in [7, 11) is 1.58. The molecule has 0 unspecified atom stereocenters. The van der Waals surface area contributed by atoms with Crippen molar-refractivity contribution in [2.45, 2.75) is 24.8 Å². The molecule has 104 valence electrons. The van der Waals surface area contributed by atoms with E-state index in [0.717, 1.165) is 6.42 Å². The van der Waals surface area contributed by atoms with Gasteiger partial charge in [0.05, 0.1) is 19.8 Å². The van der Waals surface area contributed by atoms with Crippen molar-refractivity contribution < 1.29 is 24.5 Å². The van der Waals surface area contributed by atoms with Crippen LogP contribution in [0.4, 0.5) is 4.79 Å². The zero-order chi connectivity index (χ0) is 13.6. The fourth-order valence-corrected chi connectivity index (χ4v) is 1.69. The van der Waals surface area contributed by atoms with Gasteiger partial charge in [0.25, 0.3) is 0 Å². The molecule has 0 saturated heterocycles. The third kappa shape index (κ3) is 3.58. The van der Waals surface area contributed by atoms with Crippen LogP contribution in [0.15, 0.2) is 0 Å². The molecule has 1 fully saturated rings. The molecule has 0 spiro atoms. The number of likely N-dealkylation sites (N-methyl/N-ethyl adjacent to an activating group) is 1. The van der Waals surface area contributed by atoms with Crippen LogP contribution in [0.25, 0.3) is 0 Å². The van der Waals surface area contributed by atoms with Crippen LogP contribution in [0.1, 0.15) is 19.3 Å². The number of carboxylic acid groups (broad SMARTS) is 1. The minimum atomic E-state index is -1.09. The first-order valence-electron chi connectivity index (χ1n) is 5.97. The Labute approximate surface area is 106 Å². The molecule has 0 atom stereocenters. The van der Waals surface area contributed by atoms with Crippen molar-refractivity contribution in [2.24, 2.45) is 0 Å². The van der Waals surface area contributed by atoms with E-state index in [0.29, 0.717) is 26.0 Å². The molecule has 18 heavy (non-hydrogen) atoms. The highest BCUT2D eigenvalue weighted by Crippen LogP contribution is 2.32. The summed E-state index contributed by atoms with van der Waals surface area (Å²) in [5.41, 5.74) is -1.09. The highest BCUT2D eigenvalue weighted by atomic mass is 16.5. The van der Waals surface area contributed by atoms with Crippen molar-refractivity contribution >= 4 is 12.0 Å². The smallest absolute Gasteiger partial charge is 0.329 e. The standard InChI is InChI=1S/C11H20N2O5/c1-13(5-7-18-8-6-14)10(17)12-11(9(15)16)3-2-4-11/h14H,2-8H2,1H3,(H,12,17)(H,15,16). The van der Waals surface area contributed by atoms with E-state index in [4.69, 9.17) is 14.9 Å². The number of amides is 2. The Balaban J connectivity index is 2.33. The maximum Gasteiger partial charge on any atom is 0.329 e. The second-order valence-corrected chi connectivity index (χ2v) is 4.43. The minimum Gasteiger partial charge on any atom is -0.480 e. The number of carboxylic acids is 1. The monoisotopic (exact) mass is 260 g/mol. The van der Waals surface area contributed by atoms with E-state index in [1.165, 1.54) is 4.90 Å². The molecule has 0 aromatic heterocycles. The van der Waals surface area contributed by atoms with Crippen molar-refractivity contribution in [1.29, 1.82) is 0 Å². The van der Waals surface area contributed by atoms with Crippen molar-refractivity contribution in [3.8, 4) is 0 Å². The average Bonchev–Trinajstić information content (AvgIpc) is 2.28. The Bertz CT molecular complexity index is 304. The molecule has 7 heteroatoms. The van der Waals surface area contributed by atoms with E-state index in [2.05, 4.69) is 5.32 Å². The molecule has 1 rings (SSSR count). The lowest BCUT2D eigenvalue weighted by atomic mass is 9.77. The highest BCUT2D eigenvalue weighted by molar-refractivity contribution is 5.87. The Kier molecular flexibility index (Phi) is 5.36. The normalized spacial score (nSPS) is 16.8. The first-order chi connectivity index (χ1) is 8.52. The maximum absolute atomic E-state index is 11.8. The van der Waals surface area contributed by atoms with Crippen LogP contribution in [-0.4, -0.2) is 66.1 Å². The van der Waals surface area contributed by atoms with Gasteiger partial charge in [0.15, 0.2) is 0 Å². The topological polar surface area (TPSA) is 99.1 Å². The Morgan fingerprint density at radius 1 is 1.39 bits per heavy atom. The number of aliphatic hydroxyl groups excluding tert-OH is 1. The van der Waals surface area contributed by atoms with Crippen LogP contribution < -0.4 is 5.32 Å². The Morgan fingerprint density at radius 3 is 2.50 bits per heavy atom. The summed E-state index contributed by atoms with van der Waals surface area (Å²) in [6.07, 6.45) is 1.77. The Hall–Kier alpha value is -1.34. The summed E-state index contributed by atoms with van der Waals surface area (Å²) in [6.45, 7) is 0.832. The molecule has 0 aliphatic heterocycles. The van der Waals surface area contributed by atoms with Crippen molar-refractivity contribution in [2.75, 3.05) is 33.4 Å². The lowest BCUT2D eigenvalue weighted by Crippen LogP contribution is -2.61. The van der Waals surface area contributed by atoms with Gasteiger partial charge in [0.1, 0.15) is 5.54 Å². The first-order valence-corrected chi connectivity index (χ1v) is 5.97. The summed E-state index contributed by atoms with van der Waals surface area (Å²) >= 11 is 0. The number of carbonyl (C=O) groups is 2. The van der Waals surface area contributed by atoms with Gasteiger partial charge in [-0.15, -0.1) is 0 Å².